The van der Waals surface area contributed by atoms with Crippen LogP contribution in [0.5, 0.6) is 0 Å². The van der Waals surface area contributed by atoms with Crippen LogP contribution in [-0.4, -0.2) is 53.3 Å². The van der Waals surface area contributed by atoms with E-state index >= 15 is 0 Å². The molecule has 3 heterocycles. The van der Waals surface area contributed by atoms with Gasteiger partial charge in [0.05, 0.1) is 6.04 Å². The van der Waals surface area contributed by atoms with Crippen LogP contribution in [0.2, 0.25) is 0 Å². The first-order valence-corrected chi connectivity index (χ1v) is 10.2. The SMILES string of the molecule is Cl.O=C(Nc1cccc(CCN2CCCC2)c1)c1ccn(C2CCCNC2)n1. The van der Waals surface area contributed by atoms with E-state index in [1.807, 2.05) is 23.0 Å². The zero-order valence-electron chi connectivity index (χ0n) is 16.3. The van der Waals surface area contributed by atoms with E-state index in [0.717, 1.165) is 44.6 Å². The van der Waals surface area contributed by atoms with Crippen molar-refractivity contribution in [3.05, 3.63) is 47.8 Å². The van der Waals surface area contributed by atoms with E-state index in [1.165, 1.54) is 31.5 Å². The molecule has 1 aromatic heterocycles. The summed E-state index contributed by atoms with van der Waals surface area (Å²) in [5.74, 6) is -0.144. The number of benzene rings is 1. The Morgan fingerprint density at radius 2 is 2.07 bits per heavy atom. The zero-order valence-corrected chi connectivity index (χ0v) is 17.1. The molecule has 7 heteroatoms. The minimum absolute atomic E-state index is 0. The molecule has 6 nitrogen and oxygen atoms in total. The number of hydrogen-bond acceptors (Lipinski definition) is 4. The van der Waals surface area contributed by atoms with Gasteiger partial charge in [0, 0.05) is 25.0 Å². The molecule has 4 rings (SSSR count). The number of nitrogens with zero attached hydrogens (tertiary/aromatic N) is 3. The summed E-state index contributed by atoms with van der Waals surface area (Å²) in [6.45, 7) is 5.52. The number of hydrogen-bond donors (Lipinski definition) is 2. The van der Waals surface area contributed by atoms with Gasteiger partial charge < -0.3 is 15.5 Å². The number of piperidine rings is 1. The van der Waals surface area contributed by atoms with Crippen LogP contribution in [0.3, 0.4) is 0 Å². The Balaban J connectivity index is 0.00000225. The highest BCUT2D eigenvalue weighted by molar-refractivity contribution is 6.02. The van der Waals surface area contributed by atoms with Crippen LogP contribution in [0, 0.1) is 0 Å². The van der Waals surface area contributed by atoms with Gasteiger partial charge in [0.1, 0.15) is 0 Å². The van der Waals surface area contributed by atoms with Gasteiger partial charge in [-0.25, -0.2) is 0 Å². The number of anilines is 1. The highest BCUT2D eigenvalue weighted by Gasteiger charge is 2.18. The van der Waals surface area contributed by atoms with Gasteiger partial charge >= 0.3 is 0 Å². The number of aromatic nitrogens is 2. The number of amides is 1. The second-order valence-corrected chi connectivity index (χ2v) is 7.63. The number of nitrogens with one attached hydrogen (secondary N) is 2. The Bertz CT molecular complexity index is 766. The molecule has 1 unspecified atom stereocenters. The topological polar surface area (TPSA) is 62.2 Å². The number of rotatable bonds is 6. The van der Waals surface area contributed by atoms with Crippen molar-refractivity contribution in [1.29, 1.82) is 0 Å². The van der Waals surface area contributed by atoms with Crippen LogP contribution in [0.15, 0.2) is 36.5 Å². The molecule has 0 aliphatic carbocycles. The molecule has 1 atom stereocenters. The number of carbonyl (C=O) groups excluding carboxylic acids is 1. The molecule has 2 aromatic rings. The van der Waals surface area contributed by atoms with Crippen LogP contribution in [-0.2, 0) is 6.42 Å². The smallest absolute Gasteiger partial charge is 0.276 e. The average Bonchev–Trinajstić information content (AvgIpc) is 3.39. The molecule has 2 fully saturated rings. The molecule has 2 aliphatic heterocycles. The molecule has 152 valence electrons. The van der Waals surface area contributed by atoms with Gasteiger partial charge in [-0.05, 0) is 75.5 Å². The van der Waals surface area contributed by atoms with Crippen molar-refractivity contribution in [2.24, 2.45) is 0 Å². The summed E-state index contributed by atoms with van der Waals surface area (Å²) >= 11 is 0. The third-order valence-corrected chi connectivity index (χ3v) is 5.59. The fraction of sp³-hybridized carbons (Fsp3) is 0.524. The summed E-state index contributed by atoms with van der Waals surface area (Å²) in [5.41, 5.74) is 2.58. The lowest BCUT2D eigenvalue weighted by molar-refractivity contribution is 0.102. The monoisotopic (exact) mass is 403 g/mol. The molecule has 1 aromatic carbocycles. The third-order valence-electron chi connectivity index (χ3n) is 5.59. The third kappa shape index (κ3) is 5.34. The van der Waals surface area contributed by atoms with Gasteiger partial charge in [-0.2, -0.15) is 5.10 Å². The van der Waals surface area contributed by atoms with Gasteiger partial charge in [-0.1, -0.05) is 12.1 Å². The highest BCUT2D eigenvalue weighted by atomic mass is 35.5. The van der Waals surface area contributed by atoms with Crippen molar-refractivity contribution in [2.45, 2.75) is 38.1 Å². The van der Waals surface area contributed by atoms with Crippen molar-refractivity contribution < 1.29 is 4.79 Å². The molecule has 0 saturated carbocycles. The van der Waals surface area contributed by atoms with E-state index in [0.29, 0.717) is 11.7 Å². The van der Waals surface area contributed by atoms with E-state index in [4.69, 9.17) is 0 Å². The van der Waals surface area contributed by atoms with Crippen molar-refractivity contribution >= 4 is 24.0 Å². The molecule has 0 spiro atoms. The van der Waals surface area contributed by atoms with Crippen LogP contribution in [0.1, 0.15) is 47.8 Å². The normalized spacial score (nSPS) is 19.9. The molecule has 1 amide bonds. The summed E-state index contributed by atoms with van der Waals surface area (Å²) in [4.78, 5) is 15.1. The van der Waals surface area contributed by atoms with E-state index in [-0.39, 0.29) is 18.3 Å². The molecule has 2 saturated heterocycles. The quantitative estimate of drug-likeness (QED) is 0.777. The van der Waals surface area contributed by atoms with E-state index < -0.39 is 0 Å². The van der Waals surface area contributed by atoms with E-state index in [1.54, 1.807) is 6.07 Å². The molecule has 2 aliphatic rings. The van der Waals surface area contributed by atoms with Crippen LogP contribution >= 0.6 is 12.4 Å². The van der Waals surface area contributed by atoms with Gasteiger partial charge in [0.25, 0.3) is 5.91 Å². The Labute approximate surface area is 173 Å². The maximum atomic E-state index is 12.6. The fourth-order valence-corrected chi connectivity index (χ4v) is 4.01. The first-order valence-electron chi connectivity index (χ1n) is 10.2. The number of carbonyl (C=O) groups is 1. The standard InChI is InChI=1S/C21H29N5O.ClH/c27-21(20-9-14-26(24-20)19-7-4-10-22-16-19)23-18-6-3-5-17(15-18)8-13-25-11-1-2-12-25;/h3,5-6,9,14-15,19,22H,1-2,4,7-8,10-13,16H2,(H,23,27);1H. The van der Waals surface area contributed by atoms with Crippen LogP contribution in [0.25, 0.3) is 0 Å². The second-order valence-electron chi connectivity index (χ2n) is 7.63. The van der Waals surface area contributed by atoms with E-state index in [9.17, 15) is 4.79 Å². The molecule has 0 radical (unpaired) electrons. The predicted octanol–water partition coefficient (Wildman–Crippen LogP) is 3.12. The van der Waals surface area contributed by atoms with E-state index in [2.05, 4.69) is 32.8 Å². The maximum absolute atomic E-state index is 12.6. The van der Waals surface area contributed by atoms with Crippen molar-refractivity contribution in [2.75, 3.05) is 38.0 Å². The summed E-state index contributed by atoms with van der Waals surface area (Å²) in [6.07, 6.45) is 7.83. The largest absolute Gasteiger partial charge is 0.321 e. The van der Waals surface area contributed by atoms with Crippen molar-refractivity contribution in [3.63, 3.8) is 0 Å². The number of likely N-dealkylation sites (tertiary alicyclic amines) is 1. The van der Waals surface area contributed by atoms with Crippen LogP contribution in [0.4, 0.5) is 5.69 Å². The van der Waals surface area contributed by atoms with Gasteiger partial charge in [0.2, 0.25) is 0 Å². The molecule has 28 heavy (non-hydrogen) atoms. The predicted molar refractivity (Wildman–Crippen MR) is 114 cm³/mol. The molecular formula is C21H30ClN5O. The lowest BCUT2D eigenvalue weighted by Gasteiger charge is -2.22. The van der Waals surface area contributed by atoms with Crippen LogP contribution < -0.4 is 10.6 Å². The lowest BCUT2D eigenvalue weighted by atomic mass is 10.1. The maximum Gasteiger partial charge on any atom is 0.276 e. The van der Waals surface area contributed by atoms with Crippen molar-refractivity contribution in [3.8, 4) is 0 Å². The van der Waals surface area contributed by atoms with Gasteiger partial charge in [0.15, 0.2) is 5.69 Å². The molecule has 2 N–H and O–H groups in total. The summed E-state index contributed by atoms with van der Waals surface area (Å²) in [5, 5.41) is 10.9. The molecule has 0 bridgehead atoms. The Morgan fingerprint density at radius 1 is 1.21 bits per heavy atom. The Hall–Kier alpha value is -1.89. The minimum Gasteiger partial charge on any atom is -0.321 e. The minimum atomic E-state index is -0.144. The zero-order chi connectivity index (χ0) is 18.5. The molecular weight excluding hydrogens is 374 g/mol. The Morgan fingerprint density at radius 3 is 2.86 bits per heavy atom. The second kappa shape index (κ2) is 10.0. The van der Waals surface area contributed by atoms with Gasteiger partial charge in [-0.15, -0.1) is 12.4 Å². The highest BCUT2D eigenvalue weighted by Crippen LogP contribution is 2.17. The summed E-state index contributed by atoms with van der Waals surface area (Å²) < 4.78 is 1.92. The summed E-state index contributed by atoms with van der Waals surface area (Å²) in [6, 6.07) is 10.3. The van der Waals surface area contributed by atoms with Gasteiger partial charge in [-0.3, -0.25) is 9.48 Å². The van der Waals surface area contributed by atoms with Crippen molar-refractivity contribution in [1.82, 2.24) is 20.0 Å². The Kier molecular flexibility index (Phi) is 7.48. The number of halogens is 1. The first-order chi connectivity index (χ1) is 13.3. The average molecular weight is 404 g/mol. The fourth-order valence-electron chi connectivity index (χ4n) is 4.01. The first kappa shape index (κ1) is 20.8. The summed E-state index contributed by atoms with van der Waals surface area (Å²) in [7, 11) is 0. The lowest BCUT2D eigenvalue weighted by Crippen LogP contribution is -2.32.